The Labute approximate surface area is 107 Å². The zero-order valence-corrected chi connectivity index (χ0v) is 10.2. The van der Waals surface area contributed by atoms with E-state index in [1.165, 1.54) is 0 Å². The third-order valence-corrected chi connectivity index (χ3v) is 3.32. The third kappa shape index (κ3) is 2.31. The van der Waals surface area contributed by atoms with Gasteiger partial charge >= 0.3 is 0 Å². The van der Waals surface area contributed by atoms with Crippen molar-refractivity contribution in [3.63, 3.8) is 0 Å². The maximum atomic E-state index is 13.4. The van der Waals surface area contributed by atoms with Crippen molar-refractivity contribution in [1.29, 1.82) is 0 Å². The molecule has 2 unspecified atom stereocenters. The van der Waals surface area contributed by atoms with E-state index in [0.717, 1.165) is 12.1 Å². The van der Waals surface area contributed by atoms with Gasteiger partial charge in [0.25, 0.3) is 0 Å². The van der Waals surface area contributed by atoms with Crippen molar-refractivity contribution in [3.05, 3.63) is 29.6 Å². The van der Waals surface area contributed by atoms with Crippen LogP contribution in [0.25, 0.3) is 0 Å². The van der Waals surface area contributed by atoms with Crippen LogP contribution < -0.4 is 11.1 Å². The number of anilines is 1. The molecule has 2 atom stereocenters. The van der Waals surface area contributed by atoms with E-state index in [4.69, 9.17) is 10.5 Å². The van der Waals surface area contributed by atoms with E-state index in [0.29, 0.717) is 0 Å². The van der Waals surface area contributed by atoms with E-state index in [9.17, 15) is 18.0 Å². The topological polar surface area (TPSA) is 64.3 Å². The van der Waals surface area contributed by atoms with Crippen molar-refractivity contribution in [2.75, 3.05) is 18.5 Å². The second-order valence-electron chi connectivity index (χ2n) is 4.72. The summed E-state index contributed by atoms with van der Waals surface area (Å²) in [4.78, 5) is 12.0. The Morgan fingerprint density at radius 1 is 1.42 bits per heavy atom. The number of halogens is 3. The lowest BCUT2D eigenvalue weighted by Gasteiger charge is -2.25. The molecule has 1 saturated heterocycles. The van der Waals surface area contributed by atoms with Gasteiger partial charge in [0.05, 0.1) is 24.3 Å². The Morgan fingerprint density at radius 2 is 2.11 bits per heavy atom. The number of nitrogens with two attached hydrogens (primary N) is 1. The summed E-state index contributed by atoms with van der Waals surface area (Å²) >= 11 is 0. The number of benzene rings is 1. The first kappa shape index (κ1) is 13.8. The number of hydrogen-bond acceptors (Lipinski definition) is 3. The highest BCUT2D eigenvalue weighted by Gasteiger charge is 2.44. The van der Waals surface area contributed by atoms with Crippen LogP contribution in [-0.4, -0.2) is 25.2 Å². The number of amides is 1. The SMILES string of the molecule is CC1(C(=O)Nc2ccc(F)c(F)c2F)COCC1N. The molecule has 1 aliphatic heterocycles. The van der Waals surface area contributed by atoms with E-state index in [-0.39, 0.29) is 13.2 Å². The summed E-state index contributed by atoms with van der Waals surface area (Å²) in [5, 5.41) is 2.21. The average molecular weight is 274 g/mol. The molecular formula is C12H13F3N2O2. The molecule has 1 aliphatic rings. The Morgan fingerprint density at radius 3 is 2.68 bits per heavy atom. The largest absolute Gasteiger partial charge is 0.379 e. The predicted molar refractivity (Wildman–Crippen MR) is 61.8 cm³/mol. The standard InChI is InChI=1S/C12H13F3N2O2/c1-12(5-19-4-8(12)16)11(18)17-7-3-2-6(13)9(14)10(7)15/h2-3,8H,4-5,16H2,1H3,(H,17,18). The van der Waals surface area contributed by atoms with Crippen LogP contribution in [0, 0.1) is 22.9 Å². The van der Waals surface area contributed by atoms with Crippen LogP contribution in [-0.2, 0) is 9.53 Å². The van der Waals surface area contributed by atoms with Crippen molar-refractivity contribution < 1.29 is 22.7 Å². The Kier molecular flexibility index (Phi) is 3.51. The zero-order chi connectivity index (χ0) is 14.2. The van der Waals surface area contributed by atoms with Crippen LogP contribution >= 0.6 is 0 Å². The lowest BCUT2D eigenvalue weighted by Crippen LogP contribution is -2.47. The van der Waals surface area contributed by atoms with Gasteiger partial charge in [0, 0.05) is 6.04 Å². The summed E-state index contributed by atoms with van der Waals surface area (Å²) < 4.78 is 44.3. The summed E-state index contributed by atoms with van der Waals surface area (Å²) in [6, 6.07) is 1.15. The summed E-state index contributed by atoms with van der Waals surface area (Å²) in [6.45, 7) is 1.87. The fourth-order valence-electron chi connectivity index (χ4n) is 1.81. The highest BCUT2D eigenvalue weighted by Crippen LogP contribution is 2.29. The molecule has 1 heterocycles. The average Bonchev–Trinajstić information content (AvgIpc) is 2.72. The highest BCUT2D eigenvalue weighted by atomic mass is 19.2. The van der Waals surface area contributed by atoms with Gasteiger partial charge in [-0.3, -0.25) is 4.79 Å². The van der Waals surface area contributed by atoms with Gasteiger partial charge in [-0.1, -0.05) is 0 Å². The van der Waals surface area contributed by atoms with Gasteiger partial charge in [0.2, 0.25) is 5.91 Å². The van der Waals surface area contributed by atoms with Gasteiger partial charge in [0.1, 0.15) is 0 Å². The van der Waals surface area contributed by atoms with Crippen LogP contribution in [0.3, 0.4) is 0 Å². The van der Waals surface area contributed by atoms with Crippen molar-refractivity contribution in [3.8, 4) is 0 Å². The number of rotatable bonds is 2. The van der Waals surface area contributed by atoms with Crippen molar-refractivity contribution in [1.82, 2.24) is 0 Å². The molecule has 0 aromatic heterocycles. The first-order chi connectivity index (χ1) is 8.86. The Bertz CT molecular complexity index is 524. The van der Waals surface area contributed by atoms with Crippen LogP contribution in [0.2, 0.25) is 0 Å². The Hall–Kier alpha value is -1.60. The number of ether oxygens (including phenoxy) is 1. The van der Waals surface area contributed by atoms with Crippen molar-refractivity contribution >= 4 is 11.6 Å². The smallest absolute Gasteiger partial charge is 0.234 e. The van der Waals surface area contributed by atoms with Crippen LogP contribution in [0.5, 0.6) is 0 Å². The molecule has 1 aromatic rings. The first-order valence-electron chi connectivity index (χ1n) is 5.64. The molecule has 3 N–H and O–H groups in total. The lowest BCUT2D eigenvalue weighted by atomic mass is 9.85. The van der Waals surface area contributed by atoms with Crippen molar-refractivity contribution in [2.45, 2.75) is 13.0 Å². The third-order valence-electron chi connectivity index (χ3n) is 3.32. The van der Waals surface area contributed by atoms with Crippen LogP contribution in [0.1, 0.15) is 6.92 Å². The van der Waals surface area contributed by atoms with E-state index >= 15 is 0 Å². The second kappa shape index (κ2) is 4.82. The molecular weight excluding hydrogens is 261 g/mol. The molecule has 0 aliphatic carbocycles. The van der Waals surface area contributed by atoms with Gasteiger partial charge in [-0.05, 0) is 19.1 Å². The monoisotopic (exact) mass is 274 g/mol. The quantitative estimate of drug-likeness (QED) is 0.801. The number of carbonyl (C=O) groups is 1. The van der Waals surface area contributed by atoms with Gasteiger partial charge in [-0.15, -0.1) is 0 Å². The maximum absolute atomic E-state index is 13.4. The normalized spacial score (nSPS) is 26.5. The fourth-order valence-corrected chi connectivity index (χ4v) is 1.81. The second-order valence-corrected chi connectivity index (χ2v) is 4.72. The molecule has 0 bridgehead atoms. The minimum absolute atomic E-state index is 0.0886. The minimum Gasteiger partial charge on any atom is -0.379 e. The molecule has 1 aromatic carbocycles. The molecule has 104 valence electrons. The summed E-state index contributed by atoms with van der Waals surface area (Å²) in [6.07, 6.45) is 0. The summed E-state index contributed by atoms with van der Waals surface area (Å²) in [5.74, 6) is -4.98. The molecule has 4 nitrogen and oxygen atoms in total. The minimum atomic E-state index is -1.63. The maximum Gasteiger partial charge on any atom is 0.234 e. The summed E-state index contributed by atoms with van der Waals surface area (Å²) in [7, 11) is 0. The molecule has 0 radical (unpaired) electrons. The van der Waals surface area contributed by atoms with Crippen molar-refractivity contribution in [2.24, 2.45) is 11.1 Å². The highest BCUT2D eigenvalue weighted by molar-refractivity contribution is 5.96. The van der Waals surface area contributed by atoms with Gasteiger partial charge in [-0.2, -0.15) is 0 Å². The van der Waals surface area contributed by atoms with Crippen LogP contribution in [0.15, 0.2) is 12.1 Å². The van der Waals surface area contributed by atoms with E-state index in [1.807, 2.05) is 0 Å². The number of nitrogens with one attached hydrogen (secondary N) is 1. The van der Waals surface area contributed by atoms with Gasteiger partial charge in [-0.25, -0.2) is 13.2 Å². The fraction of sp³-hybridized carbons (Fsp3) is 0.417. The molecule has 2 rings (SSSR count). The number of carbonyl (C=O) groups excluding carboxylic acids is 1. The van der Waals surface area contributed by atoms with E-state index in [2.05, 4.69) is 5.32 Å². The first-order valence-corrected chi connectivity index (χ1v) is 5.64. The molecule has 1 fully saturated rings. The Balaban J connectivity index is 2.22. The molecule has 1 amide bonds. The lowest BCUT2D eigenvalue weighted by molar-refractivity contribution is -0.125. The zero-order valence-electron chi connectivity index (χ0n) is 10.2. The van der Waals surface area contributed by atoms with E-state index < -0.39 is 40.5 Å². The molecule has 0 saturated carbocycles. The van der Waals surface area contributed by atoms with Gasteiger partial charge in [0.15, 0.2) is 17.5 Å². The van der Waals surface area contributed by atoms with E-state index in [1.54, 1.807) is 6.92 Å². The predicted octanol–water partition coefficient (Wildman–Crippen LogP) is 1.41. The molecule has 19 heavy (non-hydrogen) atoms. The number of hydrogen-bond donors (Lipinski definition) is 2. The van der Waals surface area contributed by atoms with Gasteiger partial charge < -0.3 is 15.8 Å². The molecule has 7 heteroatoms. The van der Waals surface area contributed by atoms with Crippen LogP contribution in [0.4, 0.5) is 18.9 Å². The summed E-state index contributed by atoms with van der Waals surface area (Å²) in [5.41, 5.74) is 4.29. The molecule has 0 spiro atoms.